The lowest BCUT2D eigenvalue weighted by molar-refractivity contribution is 0.0376. The van der Waals surface area contributed by atoms with Crippen molar-refractivity contribution in [3.8, 4) is 23.0 Å². The third-order valence-electron chi connectivity index (χ3n) is 8.30. The average Bonchev–Trinajstić information content (AvgIpc) is 3.84. The zero-order chi connectivity index (χ0) is 24.6. The summed E-state index contributed by atoms with van der Waals surface area (Å²) < 4.78 is 29.9. The fourth-order valence-electron chi connectivity index (χ4n) is 5.85. The maximum Gasteiger partial charge on any atom is 0.161 e. The van der Waals surface area contributed by atoms with Crippen molar-refractivity contribution in [1.29, 1.82) is 0 Å². The molecule has 0 aromatic heterocycles. The number of aliphatic imine (C=N–C) groups is 1. The Kier molecular flexibility index (Phi) is 6.55. The molecule has 3 aliphatic carbocycles. The molecule has 2 aromatic rings. The third kappa shape index (κ3) is 4.68. The third-order valence-corrected chi connectivity index (χ3v) is 8.30. The second kappa shape index (κ2) is 9.97. The lowest BCUT2D eigenvalue weighted by Gasteiger charge is -2.44. The first-order valence-corrected chi connectivity index (χ1v) is 13.4. The molecule has 192 valence electrons. The Morgan fingerprint density at radius 1 is 0.722 bits per heavy atom. The van der Waals surface area contributed by atoms with Crippen LogP contribution in [-0.2, 0) is 4.74 Å². The molecule has 3 fully saturated rings. The van der Waals surface area contributed by atoms with Crippen molar-refractivity contribution in [2.75, 3.05) is 34.5 Å². The first kappa shape index (κ1) is 23.7. The molecule has 0 radical (unpaired) electrons. The van der Waals surface area contributed by atoms with Crippen molar-refractivity contribution in [1.82, 2.24) is 0 Å². The van der Waals surface area contributed by atoms with Crippen LogP contribution in [0.15, 0.2) is 35.3 Å². The molecule has 4 aliphatic rings. The number of hydrogen-bond donors (Lipinski definition) is 0. The first-order chi connectivity index (χ1) is 17.7. The van der Waals surface area contributed by atoms with E-state index >= 15 is 0 Å². The molecule has 6 rings (SSSR count). The van der Waals surface area contributed by atoms with Gasteiger partial charge in [0.15, 0.2) is 23.0 Å². The van der Waals surface area contributed by atoms with Crippen LogP contribution in [0.3, 0.4) is 0 Å². The van der Waals surface area contributed by atoms with E-state index in [0.717, 1.165) is 54.6 Å². The number of ether oxygens (including phenoxy) is 5. The van der Waals surface area contributed by atoms with Crippen LogP contribution in [-0.4, -0.2) is 52.9 Å². The summed E-state index contributed by atoms with van der Waals surface area (Å²) in [5, 5.41) is 0. The van der Waals surface area contributed by atoms with Gasteiger partial charge in [-0.3, -0.25) is 4.99 Å². The van der Waals surface area contributed by atoms with Gasteiger partial charge in [0.25, 0.3) is 0 Å². The number of nitrogens with zero attached hydrogens (tertiary/aromatic N) is 1. The van der Waals surface area contributed by atoms with E-state index in [1.54, 1.807) is 14.2 Å². The molecule has 2 aromatic carbocycles. The molecule has 3 saturated carbocycles. The molecule has 1 heterocycles. The Balaban J connectivity index is 1.38. The second-order valence-corrected chi connectivity index (χ2v) is 10.8. The van der Waals surface area contributed by atoms with Gasteiger partial charge in [-0.15, -0.1) is 0 Å². The van der Waals surface area contributed by atoms with E-state index in [4.69, 9.17) is 28.7 Å². The summed E-state index contributed by atoms with van der Waals surface area (Å²) in [6, 6.07) is 10.9. The lowest BCUT2D eigenvalue weighted by Crippen LogP contribution is -2.40. The summed E-state index contributed by atoms with van der Waals surface area (Å²) in [7, 11) is 5.20. The standard InChI is InChI=1S/C30H37NO5/c1-32-25-11-9-23-30(22-14-27(34-3)26(33-2)13-21(22)15-31-23)29(25)20-8-10-24(35-16-18-4-5-18)28(12-20)36-17-19-6-7-19/h8,10,12-15,18-19,23,25,29-30H,4-7,9,11,16-17H2,1-3H3. The molecule has 1 aliphatic heterocycles. The summed E-state index contributed by atoms with van der Waals surface area (Å²) in [6.45, 7) is 1.54. The zero-order valence-corrected chi connectivity index (χ0v) is 21.6. The van der Waals surface area contributed by atoms with Gasteiger partial charge >= 0.3 is 0 Å². The first-order valence-electron chi connectivity index (χ1n) is 13.4. The molecule has 0 spiro atoms. The van der Waals surface area contributed by atoms with Gasteiger partial charge in [-0.25, -0.2) is 0 Å². The Morgan fingerprint density at radius 2 is 1.42 bits per heavy atom. The number of benzene rings is 2. The Hall–Kier alpha value is -2.73. The highest BCUT2D eigenvalue weighted by molar-refractivity contribution is 5.85. The van der Waals surface area contributed by atoms with Crippen molar-refractivity contribution < 1.29 is 23.7 Å². The van der Waals surface area contributed by atoms with Crippen molar-refractivity contribution in [3.05, 3.63) is 47.0 Å². The molecule has 0 saturated heterocycles. The normalized spacial score (nSPS) is 26.6. The van der Waals surface area contributed by atoms with Gasteiger partial charge in [0.05, 0.1) is 39.6 Å². The summed E-state index contributed by atoms with van der Waals surface area (Å²) in [4.78, 5) is 5.00. The number of hydrogen-bond acceptors (Lipinski definition) is 6. The predicted molar refractivity (Wildman–Crippen MR) is 139 cm³/mol. The van der Waals surface area contributed by atoms with Crippen molar-refractivity contribution in [2.24, 2.45) is 16.8 Å². The summed E-state index contributed by atoms with van der Waals surface area (Å²) in [5.41, 5.74) is 3.55. The molecule has 6 nitrogen and oxygen atoms in total. The SMILES string of the molecule is COc1cc2c(cc1OC)C1C(CCC(OC)C1c1ccc(OCC3CC3)c(OCC3CC3)c1)N=C2. The van der Waals surface area contributed by atoms with Gasteiger partial charge in [0, 0.05) is 25.2 Å². The van der Waals surface area contributed by atoms with E-state index < -0.39 is 0 Å². The summed E-state index contributed by atoms with van der Waals surface area (Å²) in [5.74, 6) is 4.90. The maximum atomic E-state index is 6.35. The molecule has 4 unspecified atom stereocenters. The van der Waals surface area contributed by atoms with E-state index in [1.807, 2.05) is 19.4 Å². The smallest absolute Gasteiger partial charge is 0.161 e. The second-order valence-electron chi connectivity index (χ2n) is 10.8. The van der Waals surface area contributed by atoms with E-state index in [1.165, 1.54) is 36.8 Å². The minimum absolute atomic E-state index is 0.0926. The Morgan fingerprint density at radius 3 is 2.08 bits per heavy atom. The fourth-order valence-corrected chi connectivity index (χ4v) is 5.85. The zero-order valence-electron chi connectivity index (χ0n) is 21.6. The lowest BCUT2D eigenvalue weighted by atomic mass is 9.66. The van der Waals surface area contributed by atoms with Crippen LogP contribution >= 0.6 is 0 Å². The Labute approximate surface area is 213 Å². The van der Waals surface area contributed by atoms with Crippen LogP contribution in [0.25, 0.3) is 0 Å². The molecule has 4 atom stereocenters. The highest BCUT2D eigenvalue weighted by atomic mass is 16.5. The van der Waals surface area contributed by atoms with Gasteiger partial charge in [0.2, 0.25) is 0 Å². The van der Waals surface area contributed by atoms with Crippen LogP contribution in [0.1, 0.15) is 67.1 Å². The molecular formula is C30H37NO5. The minimum atomic E-state index is 0.0926. The van der Waals surface area contributed by atoms with E-state index in [2.05, 4.69) is 24.3 Å². The fraction of sp³-hybridized carbons (Fsp3) is 0.567. The molecule has 36 heavy (non-hydrogen) atoms. The topological polar surface area (TPSA) is 58.5 Å². The predicted octanol–water partition coefficient (Wildman–Crippen LogP) is 5.76. The highest BCUT2D eigenvalue weighted by Crippen LogP contribution is 2.51. The highest BCUT2D eigenvalue weighted by Gasteiger charge is 2.44. The quantitative estimate of drug-likeness (QED) is 0.423. The van der Waals surface area contributed by atoms with Crippen LogP contribution < -0.4 is 18.9 Å². The van der Waals surface area contributed by atoms with Gasteiger partial charge < -0.3 is 23.7 Å². The van der Waals surface area contributed by atoms with Crippen molar-refractivity contribution in [2.45, 2.75) is 62.5 Å². The monoisotopic (exact) mass is 491 g/mol. The average molecular weight is 492 g/mol. The number of methoxy groups -OCH3 is 3. The van der Waals surface area contributed by atoms with Crippen molar-refractivity contribution >= 4 is 6.21 Å². The minimum Gasteiger partial charge on any atom is -0.493 e. The molecule has 0 amide bonds. The maximum absolute atomic E-state index is 6.35. The summed E-state index contributed by atoms with van der Waals surface area (Å²) in [6.07, 6.45) is 9.12. The summed E-state index contributed by atoms with van der Waals surface area (Å²) >= 11 is 0. The van der Waals surface area contributed by atoms with E-state index in [-0.39, 0.29) is 24.0 Å². The number of rotatable bonds is 10. The molecule has 0 N–H and O–H groups in total. The largest absolute Gasteiger partial charge is 0.493 e. The Bertz CT molecular complexity index is 1120. The van der Waals surface area contributed by atoms with Gasteiger partial charge in [-0.05, 0) is 91.3 Å². The van der Waals surface area contributed by atoms with Crippen LogP contribution in [0.2, 0.25) is 0 Å². The van der Waals surface area contributed by atoms with Gasteiger partial charge in [-0.1, -0.05) is 6.07 Å². The van der Waals surface area contributed by atoms with Gasteiger partial charge in [0.1, 0.15) is 0 Å². The van der Waals surface area contributed by atoms with Gasteiger partial charge in [-0.2, -0.15) is 0 Å². The molecule has 6 heteroatoms. The number of fused-ring (bicyclic) bond motifs is 3. The van der Waals surface area contributed by atoms with E-state index in [9.17, 15) is 0 Å². The van der Waals surface area contributed by atoms with Crippen LogP contribution in [0.5, 0.6) is 23.0 Å². The molecule has 0 bridgehead atoms. The van der Waals surface area contributed by atoms with E-state index in [0.29, 0.717) is 11.8 Å². The van der Waals surface area contributed by atoms with Crippen LogP contribution in [0.4, 0.5) is 0 Å². The molecular weight excluding hydrogens is 454 g/mol. The van der Waals surface area contributed by atoms with Crippen LogP contribution in [0, 0.1) is 11.8 Å². The van der Waals surface area contributed by atoms with Crippen molar-refractivity contribution in [3.63, 3.8) is 0 Å².